The Morgan fingerprint density at radius 1 is 1.29 bits per heavy atom. The van der Waals surface area contributed by atoms with Crippen LogP contribution in [0.4, 0.5) is 10.5 Å². The van der Waals surface area contributed by atoms with Crippen molar-refractivity contribution in [1.29, 1.82) is 0 Å². The number of carbonyl (C=O) groups excluding carboxylic acids is 1. The summed E-state index contributed by atoms with van der Waals surface area (Å²) in [5.41, 5.74) is 1.67. The summed E-state index contributed by atoms with van der Waals surface area (Å²) < 4.78 is 6.00. The maximum Gasteiger partial charge on any atom is 0.371 e. The van der Waals surface area contributed by atoms with Crippen LogP contribution in [0.15, 0.2) is 39.2 Å². The van der Waals surface area contributed by atoms with Gasteiger partial charge in [0.05, 0.1) is 6.54 Å². The van der Waals surface area contributed by atoms with Gasteiger partial charge in [-0.1, -0.05) is 15.9 Å². The molecule has 7 heteroatoms. The van der Waals surface area contributed by atoms with Gasteiger partial charge >= 0.3 is 12.0 Å². The smallest absolute Gasteiger partial charge is 0.371 e. The molecule has 110 valence electrons. The summed E-state index contributed by atoms with van der Waals surface area (Å²) >= 11 is 3.38. The number of benzene rings is 1. The molecule has 1 aromatic carbocycles. The molecule has 0 spiro atoms. The van der Waals surface area contributed by atoms with Crippen LogP contribution in [0.25, 0.3) is 0 Å². The van der Waals surface area contributed by atoms with Gasteiger partial charge in [-0.25, -0.2) is 9.59 Å². The summed E-state index contributed by atoms with van der Waals surface area (Å²) in [5.74, 6) is -0.929. The second-order valence-corrected chi connectivity index (χ2v) is 5.20. The summed E-state index contributed by atoms with van der Waals surface area (Å²) in [7, 11) is 0. The van der Waals surface area contributed by atoms with Crippen molar-refractivity contribution < 1.29 is 19.1 Å². The summed E-state index contributed by atoms with van der Waals surface area (Å²) in [6.45, 7) is 2.03. The molecule has 1 aromatic heterocycles. The average Bonchev–Trinajstić information content (AvgIpc) is 2.90. The molecule has 2 aromatic rings. The van der Waals surface area contributed by atoms with Gasteiger partial charge in [-0.15, -0.1) is 0 Å². The molecular formula is C14H13BrN2O4. The van der Waals surface area contributed by atoms with Crippen molar-refractivity contribution in [2.24, 2.45) is 0 Å². The first-order valence-electron chi connectivity index (χ1n) is 6.08. The maximum absolute atomic E-state index is 11.7. The number of rotatable bonds is 4. The van der Waals surface area contributed by atoms with E-state index in [0.717, 1.165) is 10.0 Å². The van der Waals surface area contributed by atoms with E-state index in [9.17, 15) is 9.59 Å². The molecule has 0 bridgehead atoms. The molecule has 1 heterocycles. The van der Waals surface area contributed by atoms with Crippen LogP contribution < -0.4 is 10.6 Å². The Bertz CT molecular complexity index is 681. The number of carboxylic acids is 1. The topological polar surface area (TPSA) is 91.6 Å². The Morgan fingerprint density at radius 3 is 2.67 bits per heavy atom. The normalized spacial score (nSPS) is 10.2. The lowest BCUT2D eigenvalue weighted by Crippen LogP contribution is -2.28. The first-order chi connectivity index (χ1) is 9.95. The molecule has 0 radical (unpaired) electrons. The van der Waals surface area contributed by atoms with E-state index in [1.807, 2.05) is 19.1 Å². The number of hydrogen-bond donors (Lipinski definition) is 3. The van der Waals surface area contributed by atoms with Crippen molar-refractivity contribution in [3.05, 3.63) is 51.9 Å². The molecule has 0 saturated carbocycles. The fourth-order valence-corrected chi connectivity index (χ4v) is 1.90. The molecule has 0 aliphatic heterocycles. The highest BCUT2D eigenvalue weighted by atomic mass is 79.9. The van der Waals surface area contributed by atoms with Crippen LogP contribution in [0.2, 0.25) is 0 Å². The van der Waals surface area contributed by atoms with Crippen molar-refractivity contribution in [3.8, 4) is 0 Å². The lowest BCUT2D eigenvalue weighted by atomic mass is 10.2. The molecule has 0 fully saturated rings. The first kappa shape index (κ1) is 15.1. The van der Waals surface area contributed by atoms with Gasteiger partial charge in [0.1, 0.15) is 5.76 Å². The van der Waals surface area contributed by atoms with Crippen molar-refractivity contribution in [2.75, 3.05) is 5.32 Å². The van der Waals surface area contributed by atoms with Crippen molar-refractivity contribution in [2.45, 2.75) is 13.5 Å². The zero-order valence-corrected chi connectivity index (χ0v) is 12.7. The molecule has 2 amide bonds. The molecule has 21 heavy (non-hydrogen) atoms. The van der Waals surface area contributed by atoms with Crippen molar-refractivity contribution in [1.82, 2.24) is 5.32 Å². The molecule has 0 saturated heterocycles. The highest BCUT2D eigenvalue weighted by Gasteiger charge is 2.10. The number of furan rings is 1. The predicted molar refractivity (Wildman–Crippen MR) is 80.4 cm³/mol. The number of carbonyl (C=O) groups is 2. The van der Waals surface area contributed by atoms with Gasteiger partial charge in [-0.05, 0) is 42.8 Å². The highest BCUT2D eigenvalue weighted by Crippen LogP contribution is 2.19. The largest absolute Gasteiger partial charge is 0.475 e. The van der Waals surface area contributed by atoms with E-state index in [1.165, 1.54) is 12.1 Å². The van der Waals surface area contributed by atoms with Crippen LogP contribution in [-0.2, 0) is 6.54 Å². The van der Waals surface area contributed by atoms with E-state index >= 15 is 0 Å². The van der Waals surface area contributed by atoms with Crippen LogP contribution in [0.1, 0.15) is 21.9 Å². The SMILES string of the molecule is Cc1cc(NC(=O)NCc2ccc(C(=O)O)o2)ccc1Br. The van der Waals surface area contributed by atoms with Crippen LogP contribution in [0.5, 0.6) is 0 Å². The van der Waals surface area contributed by atoms with Crippen molar-refractivity contribution >= 4 is 33.6 Å². The van der Waals surface area contributed by atoms with E-state index in [4.69, 9.17) is 9.52 Å². The van der Waals surface area contributed by atoms with Crippen LogP contribution in [-0.4, -0.2) is 17.1 Å². The van der Waals surface area contributed by atoms with Gasteiger partial charge in [-0.3, -0.25) is 0 Å². The number of hydrogen-bond acceptors (Lipinski definition) is 3. The fraction of sp³-hybridized carbons (Fsp3) is 0.143. The van der Waals surface area contributed by atoms with E-state index in [1.54, 1.807) is 6.07 Å². The minimum absolute atomic E-state index is 0.106. The molecule has 2 rings (SSSR count). The molecular weight excluding hydrogens is 340 g/mol. The summed E-state index contributed by atoms with van der Waals surface area (Å²) in [4.78, 5) is 22.4. The molecule has 0 aliphatic rings. The number of urea groups is 1. The lowest BCUT2D eigenvalue weighted by Gasteiger charge is -2.08. The number of halogens is 1. The predicted octanol–water partition coefficient (Wildman–Crippen LogP) is 3.37. The van der Waals surface area contributed by atoms with Gasteiger partial charge in [0, 0.05) is 10.2 Å². The number of aromatic carboxylic acids is 1. The zero-order valence-electron chi connectivity index (χ0n) is 11.1. The second kappa shape index (κ2) is 6.45. The lowest BCUT2D eigenvalue weighted by molar-refractivity contribution is 0.0660. The molecule has 6 nitrogen and oxygen atoms in total. The quantitative estimate of drug-likeness (QED) is 0.786. The molecule has 0 unspecified atom stereocenters. The monoisotopic (exact) mass is 352 g/mol. The fourth-order valence-electron chi connectivity index (χ4n) is 1.65. The molecule has 0 aliphatic carbocycles. The van der Waals surface area contributed by atoms with Crippen molar-refractivity contribution in [3.63, 3.8) is 0 Å². The Morgan fingerprint density at radius 2 is 2.05 bits per heavy atom. The number of nitrogens with one attached hydrogen (secondary N) is 2. The zero-order chi connectivity index (χ0) is 15.4. The number of carboxylic acid groups (broad SMARTS) is 1. The number of aryl methyl sites for hydroxylation is 1. The van der Waals surface area contributed by atoms with Crippen LogP contribution in [0, 0.1) is 6.92 Å². The van der Waals surface area contributed by atoms with Gasteiger partial charge in [0.2, 0.25) is 5.76 Å². The highest BCUT2D eigenvalue weighted by molar-refractivity contribution is 9.10. The number of anilines is 1. The van der Waals surface area contributed by atoms with E-state index < -0.39 is 12.0 Å². The van der Waals surface area contributed by atoms with E-state index in [-0.39, 0.29) is 12.3 Å². The summed E-state index contributed by atoms with van der Waals surface area (Å²) in [5, 5.41) is 14.0. The summed E-state index contributed by atoms with van der Waals surface area (Å²) in [6.07, 6.45) is 0. The third-order valence-electron chi connectivity index (χ3n) is 2.71. The Balaban J connectivity index is 1.89. The van der Waals surface area contributed by atoms with Gasteiger partial charge in [-0.2, -0.15) is 0 Å². The Kier molecular flexibility index (Phi) is 4.64. The van der Waals surface area contributed by atoms with E-state index in [0.29, 0.717) is 11.4 Å². The second-order valence-electron chi connectivity index (χ2n) is 4.34. The van der Waals surface area contributed by atoms with Gasteiger partial charge in [0.25, 0.3) is 0 Å². The van der Waals surface area contributed by atoms with Gasteiger partial charge in [0.15, 0.2) is 0 Å². The van der Waals surface area contributed by atoms with Crippen LogP contribution in [0.3, 0.4) is 0 Å². The minimum atomic E-state index is -1.14. The molecule has 0 atom stereocenters. The van der Waals surface area contributed by atoms with Crippen LogP contribution >= 0.6 is 15.9 Å². The Labute approximate surface area is 129 Å². The number of amides is 2. The first-order valence-corrected chi connectivity index (χ1v) is 6.88. The third-order valence-corrected chi connectivity index (χ3v) is 3.60. The standard InChI is InChI=1S/C14H13BrN2O4/c1-8-6-9(2-4-11(8)15)17-14(20)16-7-10-3-5-12(21-10)13(18)19/h2-6H,7H2,1H3,(H,18,19)(H2,16,17,20). The van der Waals surface area contributed by atoms with Gasteiger partial charge < -0.3 is 20.2 Å². The summed E-state index contributed by atoms with van der Waals surface area (Å²) in [6, 6.07) is 7.90. The third kappa shape index (κ3) is 4.09. The average molecular weight is 353 g/mol. The maximum atomic E-state index is 11.7. The molecule has 3 N–H and O–H groups in total. The Hall–Kier alpha value is -2.28. The minimum Gasteiger partial charge on any atom is -0.475 e. The van der Waals surface area contributed by atoms with E-state index in [2.05, 4.69) is 26.6 Å².